The van der Waals surface area contributed by atoms with Gasteiger partial charge in [-0.2, -0.15) is 0 Å². The molecule has 1 aliphatic heterocycles. The van der Waals surface area contributed by atoms with Crippen LogP contribution < -0.4 is 5.73 Å². The van der Waals surface area contributed by atoms with Crippen molar-refractivity contribution in [2.75, 3.05) is 6.61 Å². The van der Waals surface area contributed by atoms with E-state index in [9.17, 15) is 4.39 Å². The molecule has 0 spiro atoms. The molecule has 0 amide bonds. The molecule has 1 aromatic rings. The van der Waals surface area contributed by atoms with E-state index in [1.807, 2.05) is 0 Å². The van der Waals surface area contributed by atoms with Crippen LogP contribution >= 0.6 is 11.6 Å². The molecule has 2 rings (SSSR count). The molecule has 94 valence electrons. The molecule has 1 aliphatic rings. The van der Waals surface area contributed by atoms with Gasteiger partial charge in [0.1, 0.15) is 5.82 Å². The third kappa shape index (κ3) is 2.97. The number of benzene rings is 1. The molecule has 0 radical (unpaired) electrons. The lowest BCUT2D eigenvalue weighted by Crippen LogP contribution is -2.39. The van der Waals surface area contributed by atoms with Crippen LogP contribution in [0, 0.1) is 11.7 Å². The minimum absolute atomic E-state index is 0.0611. The fourth-order valence-electron chi connectivity index (χ4n) is 2.32. The lowest BCUT2D eigenvalue weighted by atomic mass is 9.93. The molecule has 0 aliphatic carbocycles. The Balaban J connectivity index is 2.02. The first-order valence-corrected chi connectivity index (χ1v) is 6.27. The minimum atomic E-state index is -0.394. The topological polar surface area (TPSA) is 35.2 Å². The van der Waals surface area contributed by atoms with E-state index >= 15 is 0 Å². The fraction of sp³-hybridized carbons (Fsp3) is 0.538. The highest BCUT2D eigenvalue weighted by molar-refractivity contribution is 6.30. The van der Waals surface area contributed by atoms with Crippen molar-refractivity contribution in [2.45, 2.75) is 31.9 Å². The van der Waals surface area contributed by atoms with Crippen molar-refractivity contribution in [1.82, 2.24) is 0 Å². The molecule has 1 aromatic carbocycles. The summed E-state index contributed by atoms with van der Waals surface area (Å²) < 4.78 is 18.6. The van der Waals surface area contributed by atoms with E-state index in [1.165, 1.54) is 6.07 Å². The molecule has 1 saturated heterocycles. The maximum Gasteiger partial charge on any atom is 0.141 e. The Kier molecular flexibility index (Phi) is 4.02. The second kappa shape index (κ2) is 5.34. The Morgan fingerprint density at radius 3 is 2.94 bits per heavy atom. The van der Waals surface area contributed by atoms with Gasteiger partial charge in [-0.1, -0.05) is 24.6 Å². The first-order chi connectivity index (χ1) is 8.08. The SMILES string of the molecule is CC1CCOC1C(N)Cc1ccc(F)c(Cl)c1. The first-order valence-electron chi connectivity index (χ1n) is 5.89. The number of ether oxygens (including phenoxy) is 1. The van der Waals surface area contributed by atoms with Gasteiger partial charge in [-0.05, 0) is 36.5 Å². The van der Waals surface area contributed by atoms with Crippen LogP contribution in [-0.2, 0) is 11.2 Å². The molecule has 1 heterocycles. The van der Waals surface area contributed by atoms with Crippen LogP contribution in [0.3, 0.4) is 0 Å². The van der Waals surface area contributed by atoms with Crippen LogP contribution in [0.25, 0.3) is 0 Å². The highest BCUT2D eigenvalue weighted by Gasteiger charge is 2.29. The summed E-state index contributed by atoms with van der Waals surface area (Å²) in [7, 11) is 0. The van der Waals surface area contributed by atoms with E-state index in [2.05, 4.69) is 6.92 Å². The van der Waals surface area contributed by atoms with E-state index in [0.717, 1.165) is 18.6 Å². The van der Waals surface area contributed by atoms with E-state index in [-0.39, 0.29) is 17.2 Å². The van der Waals surface area contributed by atoms with Crippen LogP contribution in [0.1, 0.15) is 18.9 Å². The summed E-state index contributed by atoms with van der Waals surface area (Å²) in [4.78, 5) is 0. The van der Waals surface area contributed by atoms with Gasteiger partial charge in [0.2, 0.25) is 0 Å². The Morgan fingerprint density at radius 2 is 2.35 bits per heavy atom. The van der Waals surface area contributed by atoms with Crippen molar-refractivity contribution in [3.63, 3.8) is 0 Å². The first kappa shape index (κ1) is 12.8. The zero-order valence-electron chi connectivity index (χ0n) is 9.83. The lowest BCUT2D eigenvalue weighted by molar-refractivity contribution is 0.0726. The van der Waals surface area contributed by atoms with Crippen LogP contribution in [0.2, 0.25) is 5.02 Å². The Labute approximate surface area is 106 Å². The maximum absolute atomic E-state index is 13.0. The number of rotatable bonds is 3. The normalized spacial score (nSPS) is 26.1. The molecule has 0 saturated carbocycles. The van der Waals surface area contributed by atoms with Crippen LogP contribution in [0.5, 0.6) is 0 Å². The standard InChI is InChI=1S/C13H17ClFNO/c1-8-4-5-17-13(8)12(16)7-9-2-3-11(15)10(14)6-9/h2-3,6,8,12-13H,4-5,7,16H2,1H3. The van der Waals surface area contributed by atoms with Crippen molar-refractivity contribution in [3.8, 4) is 0 Å². The Hall–Kier alpha value is -0.640. The average Bonchev–Trinajstić information content (AvgIpc) is 2.70. The van der Waals surface area contributed by atoms with Crippen molar-refractivity contribution >= 4 is 11.6 Å². The monoisotopic (exact) mass is 257 g/mol. The highest BCUT2D eigenvalue weighted by Crippen LogP contribution is 2.24. The molecule has 1 fully saturated rings. The lowest BCUT2D eigenvalue weighted by Gasteiger charge is -2.22. The van der Waals surface area contributed by atoms with E-state index in [0.29, 0.717) is 12.3 Å². The number of halogens is 2. The molecular formula is C13H17ClFNO. The van der Waals surface area contributed by atoms with E-state index in [1.54, 1.807) is 12.1 Å². The number of hydrogen-bond donors (Lipinski definition) is 1. The second-order valence-corrected chi connectivity index (χ2v) is 5.13. The number of nitrogens with two attached hydrogens (primary N) is 1. The van der Waals surface area contributed by atoms with Crippen LogP contribution in [0.15, 0.2) is 18.2 Å². The van der Waals surface area contributed by atoms with Gasteiger partial charge in [0.05, 0.1) is 11.1 Å². The maximum atomic E-state index is 13.0. The molecule has 4 heteroatoms. The third-order valence-electron chi connectivity index (χ3n) is 3.32. The summed E-state index contributed by atoms with van der Waals surface area (Å²) in [6.07, 6.45) is 1.82. The molecule has 0 aromatic heterocycles. The highest BCUT2D eigenvalue weighted by atomic mass is 35.5. The third-order valence-corrected chi connectivity index (χ3v) is 3.61. The smallest absolute Gasteiger partial charge is 0.141 e. The van der Waals surface area contributed by atoms with Gasteiger partial charge in [-0.15, -0.1) is 0 Å². The molecule has 3 unspecified atom stereocenters. The van der Waals surface area contributed by atoms with Gasteiger partial charge in [-0.3, -0.25) is 0 Å². The summed E-state index contributed by atoms with van der Waals surface area (Å²) in [6.45, 7) is 2.93. The molecule has 0 bridgehead atoms. The zero-order valence-corrected chi connectivity index (χ0v) is 10.6. The summed E-state index contributed by atoms with van der Waals surface area (Å²) in [6, 6.07) is 4.68. The zero-order chi connectivity index (χ0) is 12.4. The summed E-state index contributed by atoms with van der Waals surface area (Å²) in [5, 5.41) is 0.148. The Bertz CT molecular complexity index is 399. The van der Waals surface area contributed by atoms with E-state index in [4.69, 9.17) is 22.1 Å². The predicted molar refractivity (Wildman–Crippen MR) is 66.6 cm³/mol. The van der Waals surface area contributed by atoms with Gasteiger partial charge in [0, 0.05) is 12.6 Å². The van der Waals surface area contributed by atoms with Gasteiger partial charge in [0.15, 0.2) is 0 Å². The molecule has 3 atom stereocenters. The van der Waals surface area contributed by atoms with Crippen LogP contribution in [-0.4, -0.2) is 18.8 Å². The average molecular weight is 258 g/mol. The fourth-order valence-corrected chi connectivity index (χ4v) is 2.52. The van der Waals surface area contributed by atoms with Gasteiger partial charge in [0.25, 0.3) is 0 Å². The van der Waals surface area contributed by atoms with Gasteiger partial charge >= 0.3 is 0 Å². The van der Waals surface area contributed by atoms with Crippen molar-refractivity contribution in [3.05, 3.63) is 34.6 Å². The number of hydrogen-bond acceptors (Lipinski definition) is 2. The van der Waals surface area contributed by atoms with Gasteiger partial charge in [-0.25, -0.2) is 4.39 Å². The molecule has 2 N–H and O–H groups in total. The summed E-state index contributed by atoms with van der Waals surface area (Å²) in [5.41, 5.74) is 7.08. The molecular weight excluding hydrogens is 241 g/mol. The van der Waals surface area contributed by atoms with Crippen LogP contribution in [0.4, 0.5) is 4.39 Å². The quantitative estimate of drug-likeness (QED) is 0.904. The van der Waals surface area contributed by atoms with Crippen molar-refractivity contribution < 1.29 is 9.13 Å². The summed E-state index contributed by atoms with van der Waals surface area (Å²) in [5.74, 6) is 0.0930. The largest absolute Gasteiger partial charge is 0.376 e. The molecule has 17 heavy (non-hydrogen) atoms. The Morgan fingerprint density at radius 1 is 1.59 bits per heavy atom. The minimum Gasteiger partial charge on any atom is -0.376 e. The van der Waals surface area contributed by atoms with E-state index < -0.39 is 5.82 Å². The van der Waals surface area contributed by atoms with Gasteiger partial charge < -0.3 is 10.5 Å². The van der Waals surface area contributed by atoms with Crippen molar-refractivity contribution in [1.29, 1.82) is 0 Å². The second-order valence-electron chi connectivity index (χ2n) is 4.72. The van der Waals surface area contributed by atoms with Crippen molar-refractivity contribution in [2.24, 2.45) is 11.7 Å². The predicted octanol–water partition coefficient (Wildman–Crippen LogP) is 2.77. The summed E-state index contributed by atoms with van der Waals surface area (Å²) >= 11 is 5.74. The molecule has 2 nitrogen and oxygen atoms in total.